The van der Waals surface area contributed by atoms with Gasteiger partial charge in [-0.15, -0.1) is 0 Å². The zero-order valence-electron chi connectivity index (χ0n) is 38.6. The Balaban J connectivity index is 1.31. The van der Waals surface area contributed by atoms with Crippen molar-refractivity contribution in [2.45, 2.75) is 62.9 Å². The lowest BCUT2D eigenvalue weighted by Crippen LogP contribution is -2.58. The van der Waals surface area contributed by atoms with Crippen LogP contribution in [0.3, 0.4) is 0 Å². The molecule has 4 aromatic carbocycles. The number of fused-ring (bicyclic) bond motifs is 3. The minimum atomic E-state index is -3.38. The van der Waals surface area contributed by atoms with E-state index in [0.717, 1.165) is 24.0 Å². The number of ether oxygens (including phenoxy) is 1. The first-order valence-corrected chi connectivity index (χ1v) is 25.0. The number of sulfone groups is 1. The van der Waals surface area contributed by atoms with E-state index in [2.05, 4.69) is 26.6 Å². The maximum atomic E-state index is 15.3. The minimum absolute atomic E-state index is 0.00275. The van der Waals surface area contributed by atoms with Gasteiger partial charge in [0.15, 0.2) is 9.84 Å². The molecule has 69 heavy (non-hydrogen) atoms. The summed E-state index contributed by atoms with van der Waals surface area (Å²) in [5.41, 5.74) is 8.05. The van der Waals surface area contributed by atoms with Gasteiger partial charge in [0.25, 0.3) is 0 Å². The van der Waals surface area contributed by atoms with Gasteiger partial charge < -0.3 is 42.0 Å². The van der Waals surface area contributed by atoms with Crippen LogP contribution in [0.25, 0.3) is 11.1 Å². The van der Waals surface area contributed by atoms with Crippen LogP contribution in [-0.2, 0) is 74.9 Å². The van der Waals surface area contributed by atoms with E-state index in [-0.39, 0.29) is 69.8 Å². The zero-order chi connectivity index (χ0) is 49.4. The molecular formula is C51H60FN7O9S. The van der Waals surface area contributed by atoms with Crippen molar-refractivity contribution in [3.05, 3.63) is 143 Å². The molecule has 6 rings (SSSR count). The maximum Gasteiger partial charge on any atom is 0.246 e. The molecule has 0 unspecified atom stereocenters. The molecule has 4 aromatic rings. The van der Waals surface area contributed by atoms with Gasteiger partial charge in [-0.3, -0.25) is 28.8 Å². The predicted octanol–water partition coefficient (Wildman–Crippen LogP) is 2.43. The van der Waals surface area contributed by atoms with E-state index in [0.29, 0.717) is 60.4 Å². The Morgan fingerprint density at radius 3 is 2.32 bits per heavy atom. The van der Waals surface area contributed by atoms with Crippen LogP contribution in [0, 0.1) is 11.2 Å². The fourth-order valence-electron chi connectivity index (χ4n) is 8.58. The Hall–Kier alpha value is -6.76. The summed E-state index contributed by atoms with van der Waals surface area (Å²) in [5, 5.41) is 14.2. The van der Waals surface area contributed by atoms with Gasteiger partial charge in [0, 0.05) is 69.7 Å². The molecule has 0 spiro atoms. The van der Waals surface area contributed by atoms with E-state index in [1.807, 2.05) is 30.3 Å². The summed E-state index contributed by atoms with van der Waals surface area (Å²) < 4.78 is 44.3. The second kappa shape index (κ2) is 24.5. The number of hydrogen-bond acceptors (Lipinski definition) is 10. The standard InChI is InChI=1S/C51H60FN7O9S/c1-69(66,67)33-37-14-17-41(42(52)28-37)38-15-12-35(13-16-38)29-44-49(64)56-32-40-11-6-5-10-39(40)30-46(61)57-43(48(63)55-24-27-68-26-22-53)20-23-54-45(60)18-19-47(62)59-25-7-21-51(34-59,50(65)58-44)31-36-8-3-2-4-9-36/h2-6,8-19,28,43-44H,7,20-27,29-34,53H2,1H3,(H,54,60)(H,55,63)(H,56,64)(H,57,61)(H,58,65)/b19-18+/t43-,44-,51-/m0/s1. The van der Waals surface area contributed by atoms with Gasteiger partial charge in [0.2, 0.25) is 35.4 Å². The third kappa shape index (κ3) is 15.4. The first kappa shape index (κ1) is 51.6. The van der Waals surface area contributed by atoms with E-state index >= 15 is 4.39 Å². The number of carbonyl (C=O) groups excluding carboxylic acids is 6. The molecule has 366 valence electrons. The second-order valence-electron chi connectivity index (χ2n) is 17.5. The van der Waals surface area contributed by atoms with Gasteiger partial charge in [0.1, 0.15) is 17.9 Å². The molecule has 0 saturated carbocycles. The van der Waals surface area contributed by atoms with Gasteiger partial charge >= 0.3 is 0 Å². The topological polar surface area (TPSA) is 235 Å². The van der Waals surface area contributed by atoms with Crippen LogP contribution >= 0.6 is 0 Å². The Labute approximate surface area is 401 Å². The summed E-state index contributed by atoms with van der Waals surface area (Å²) >= 11 is 0. The SMILES string of the molecule is CS(=O)(=O)Cc1ccc(-c2ccc(C[C@@H]3NC(=O)[C@]4(Cc5ccccc5)CCCN(C4)C(=O)/C=C/C(=O)NCC[C@@H](C(=O)NCCOCCN)NC(=O)Cc4ccccc4CNC3=O)cc2)c(F)c1. The maximum absolute atomic E-state index is 15.3. The highest BCUT2D eigenvalue weighted by Crippen LogP contribution is 2.35. The number of piperidine rings is 1. The van der Waals surface area contributed by atoms with Crippen molar-refractivity contribution in [2.75, 3.05) is 52.2 Å². The smallest absolute Gasteiger partial charge is 0.246 e. The van der Waals surface area contributed by atoms with Gasteiger partial charge in [-0.1, -0.05) is 91.0 Å². The van der Waals surface area contributed by atoms with E-state index in [9.17, 15) is 37.2 Å². The van der Waals surface area contributed by atoms with Crippen molar-refractivity contribution in [1.29, 1.82) is 0 Å². The van der Waals surface area contributed by atoms with Crippen molar-refractivity contribution < 1.29 is 46.3 Å². The monoisotopic (exact) mass is 965 g/mol. The fraction of sp³-hybridized carbons (Fsp3) is 0.373. The van der Waals surface area contributed by atoms with E-state index in [1.165, 1.54) is 17.0 Å². The lowest BCUT2D eigenvalue weighted by atomic mass is 9.74. The van der Waals surface area contributed by atoms with Crippen LogP contribution in [0.5, 0.6) is 0 Å². The Morgan fingerprint density at radius 1 is 0.870 bits per heavy atom. The summed E-state index contributed by atoms with van der Waals surface area (Å²) in [4.78, 5) is 84.6. The summed E-state index contributed by atoms with van der Waals surface area (Å²) in [5.74, 6) is -3.94. The number of nitrogens with one attached hydrogen (secondary N) is 5. The Bertz CT molecular complexity index is 2610. The van der Waals surface area contributed by atoms with E-state index in [4.69, 9.17) is 10.5 Å². The van der Waals surface area contributed by atoms with Crippen molar-refractivity contribution in [3.8, 4) is 11.1 Å². The molecule has 6 amide bonds. The summed E-state index contributed by atoms with van der Waals surface area (Å²) in [6.07, 6.45) is 4.29. The van der Waals surface area contributed by atoms with Crippen LogP contribution in [0.1, 0.15) is 47.1 Å². The summed E-state index contributed by atoms with van der Waals surface area (Å²) in [6.45, 7) is 1.27. The largest absolute Gasteiger partial charge is 0.378 e. The lowest BCUT2D eigenvalue weighted by Gasteiger charge is -2.42. The van der Waals surface area contributed by atoms with Crippen LogP contribution in [-0.4, -0.2) is 113 Å². The third-order valence-corrected chi connectivity index (χ3v) is 12.9. The highest BCUT2D eigenvalue weighted by atomic mass is 32.2. The molecule has 2 bridgehead atoms. The molecule has 18 heteroatoms. The number of carbonyl (C=O) groups is 6. The molecule has 1 saturated heterocycles. The average Bonchev–Trinajstić information content (AvgIpc) is 3.32. The van der Waals surface area contributed by atoms with Gasteiger partial charge in [-0.25, -0.2) is 12.8 Å². The zero-order valence-corrected chi connectivity index (χ0v) is 39.5. The molecular weight excluding hydrogens is 906 g/mol. The molecule has 2 aliphatic rings. The van der Waals surface area contributed by atoms with Crippen molar-refractivity contribution in [3.63, 3.8) is 0 Å². The lowest BCUT2D eigenvalue weighted by molar-refractivity contribution is -0.141. The molecule has 7 N–H and O–H groups in total. The van der Waals surface area contributed by atoms with Crippen LogP contribution in [0.2, 0.25) is 0 Å². The predicted molar refractivity (Wildman–Crippen MR) is 258 cm³/mol. The molecule has 2 aliphatic heterocycles. The fourth-order valence-corrected chi connectivity index (χ4v) is 9.36. The number of rotatable bonds is 13. The third-order valence-electron chi connectivity index (χ3n) is 12.0. The number of halogens is 1. The highest BCUT2D eigenvalue weighted by molar-refractivity contribution is 7.89. The molecule has 3 atom stereocenters. The number of nitrogens with two attached hydrogens (primary N) is 1. The van der Waals surface area contributed by atoms with Gasteiger partial charge in [-0.2, -0.15) is 0 Å². The van der Waals surface area contributed by atoms with Gasteiger partial charge in [-0.05, 0) is 65.1 Å². The van der Waals surface area contributed by atoms with Crippen LogP contribution in [0.4, 0.5) is 4.39 Å². The number of hydrogen-bond donors (Lipinski definition) is 6. The number of benzene rings is 4. The summed E-state index contributed by atoms with van der Waals surface area (Å²) in [7, 11) is -3.38. The molecule has 1 fully saturated rings. The number of amides is 6. The van der Waals surface area contributed by atoms with Crippen molar-refractivity contribution in [1.82, 2.24) is 31.5 Å². The second-order valence-corrected chi connectivity index (χ2v) is 19.6. The Morgan fingerprint density at radius 2 is 1.59 bits per heavy atom. The quantitative estimate of drug-likeness (QED) is 0.107. The molecule has 0 aromatic heterocycles. The van der Waals surface area contributed by atoms with Gasteiger partial charge in [0.05, 0.1) is 30.8 Å². The Kier molecular flexibility index (Phi) is 18.3. The summed E-state index contributed by atoms with van der Waals surface area (Å²) in [6, 6.07) is 25.3. The molecule has 0 radical (unpaired) electrons. The molecule has 16 nitrogen and oxygen atoms in total. The first-order chi connectivity index (χ1) is 33.1. The van der Waals surface area contributed by atoms with Crippen molar-refractivity contribution in [2.24, 2.45) is 11.1 Å². The highest BCUT2D eigenvalue weighted by Gasteiger charge is 2.44. The molecule has 2 heterocycles. The molecule has 0 aliphatic carbocycles. The normalized spacial score (nSPS) is 20.4. The minimum Gasteiger partial charge on any atom is -0.378 e. The van der Waals surface area contributed by atoms with E-state index in [1.54, 1.807) is 54.6 Å². The first-order valence-electron chi connectivity index (χ1n) is 23.0. The number of nitrogens with zero attached hydrogens (tertiary/aromatic N) is 1. The van der Waals surface area contributed by atoms with Crippen LogP contribution < -0.4 is 32.3 Å². The average molecular weight is 966 g/mol. The van der Waals surface area contributed by atoms with Crippen LogP contribution in [0.15, 0.2) is 109 Å². The van der Waals surface area contributed by atoms with E-state index < -0.39 is 68.6 Å². The van der Waals surface area contributed by atoms with Crippen molar-refractivity contribution >= 4 is 45.3 Å².